The van der Waals surface area contributed by atoms with Crippen LogP contribution in [0.25, 0.3) is 0 Å². The number of esters is 1. The van der Waals surface area contributed by atoms with E-state index in [1.807, 2.05) is 4.90 Å². The lowest BCUT2D eigenvalue weighted by Gasteiger charge is -2.29. The topological polar surface area (TPSA) is 91.1 Å². The molecule has 2 aromatic carbocycles. The zero-order valence-electron chi connectivity index (χ0n) is 15.4. The lowest BCUT2D eigenvalue weighted by Crippen LogP contribution is -2.40. The Morgan fingerprint density at radius 1 is 1.21 bits per heavy atom. The van der Waals surface area contributed by atoms with Crippen LogP contribution in [0, 0.1) is 10.1 Å². The number of halogens is 1. The van der Waals surface area contributed by atoms with E-state index in [1.54, 1.807) is 12.1 Å². The first-order valence-corrected chi connectivity index (χ1v) is 9.82. The van der Waals surface area contributed by atoms with Gasteiger partial charge in [-0.15, -0.1) is 0 Å². The third-order valence-corrected chi connectivity index (χ3v) is 5.37. The van der Waals surface area contributed by atoms with Crippen molar-refractivity contribution < 1.29 is 23.9 Å². The molecule has 0 amide bonds. The molecule has 0 aromatic heterocycles. The van der Waals surface area contributed by atoms with Gasteiger partial charge in [0.15, 0.2) is 11.5 Å². The van der Waals surface area contributed by atoms with Gasteiger partial charge >= 0.3 is 5.97 Å². The highest BCUT2D eigenvalue weighted by atomic mass is 79.9. The summed E-state index contributed by atoms with van der Waals surface area (Å²) < 4.78 is 16.7. The molecule has 1 heterocycles. The number of nitrogens with zero attached hydrogens (tertiary/aromatic N) is 2. The molecule has 0 saturated carbocycles. The van der Waals surface area contributed by atoms with E-state index in [2.05, 4.69) is 15.9 Å². The van der Waals surface area contributed by atoms with Crippen LogP contribution in [0.5, 0.6) is 11.5 Å². The maximum Gasteiger partial charge on any atom is 0.343 e. The van der Waals surface area contributed by atoms with Gasteiger partial charge in [-0.2, -0.15) is 0 Å². The number of carbonyl (C=O) groups is 1. The minimum Gasteiger partial charge on any atom is -0.493 e. The number of benzene rings is 2. The van der Waals surface area contributed by atoms with E-state index in [0.29, 0.717) is 41.5 Å². The van der Waals surface area contributed by atoms with Gasteiger partial charge in [0.1, 0.15) is 4.99 Å². The van der Waals surface area contributed by atoms with Crippen molar-refractivity contribution >= 4 is 44.8 Å². The van der Waals surface area contributed by atoms with Gasteiger partial charge in [-0.1, -0.05) is 12.2 Å². The number of non-ortho nitro benzene ring substituents is 1. The highest BCUT2D eigenvalue weighted by Gasteiger charge is 2.21. The lowest BCUT2D eigenvalue weighted by atomic mass is 10.1. The van der Waals surface area contributed by atoms with Crippen molar-refractivity contribution in [3.8, 4) is 11.5 Å². The predicted molar refractivity (Wildman–Crippen MR) is 113 cm³/mol. The Labute approximate surface area is 180 Å². The molecule has 1 aliphatic heterocycles. The summed E-state index contributed by atoms with van der Waals surface area (Å²) in [5.74, 6) is -0.132. The highest BCUT2D eigenvalue weighted by molar-refractivity contribution is 9.10. The molecule has 152 valence electrons. The van der Waals surface area contributed by atoms with Crippen molar-refractivity contribution in [1.82, 2.24) is 4.90 Å². The summed E-state index contributed by atoms with van der Waals surface area (Å²) in [4.78, 5) is 25.4. The Morgan fingerprint density at radius 3 is 2.45 bits per heavy atom. The van der Waals surface area contributed by atoms with Gasteiger partial charge in [0.05, 0.1) is 35.3 Å². The summed E-state index contributed by atoms with van der Waals surface area (Å²) in [7, 11) is 1.46. The molecule has 1 fully saturated rings. The van der Waals surface area contributed by atoms with Crippen LogP contribution in [0.4, 0.5) is 5.69 Å². The van der Waals surface area contributed by atoms with Gasteiger partial charge in [0.2, 0.25) is 0 Å². The van der Waals surface area contributed by atoms with Crippen LogP contribution in [-0.4, -0.2) is 54.2 Å². The summed E-state index contributed by atoms with van der Waals surface area (Å²) in [5.41, 5.74) is 0.819. The van der Waals surface area contributed by atoms with Crippen LogP contribution >= 0.6 is 28.1 Å². The highest BCUT2D eigenvalue weighted by Crippen LogP contribution is 2.37. The molecule has 2 aromatic rings. The summed E-state index contributed by atoms with van der Waals surface area (Å²) >= 11 is 8.99. The summed E-state index contributed by atoms with van der Waals surface area (Å²) in [6, 6.07) is 8.63. The molecule has 0 atom stereocenters. The Kier molecular flexibility index (Phi) is 6.78. The first kappa shape index (κ1) is 21.2. The van der Waals surface area contributed by atoms with Crippen molar-refractivity contribution in [1.29, 1.82) is 0 Å². The lowest BCUT2D eigenvalue weighted by molar-refractivity contribution is -0.384. The number of ether oxygens (including phenoxy) is 3. The van der Waals surface area contributed by atoms with Crippen molar-refractivity contribution in [2.75, 3.05) is 33.4 Å². The molecule has 0 N–H and O–H groups in total. The zero-order valence-corrected chi connectivity index (χ0v) is 17.8. The monoisotopic (exact) mass is 480 g/mol. The molecule has 1 saturated heterocycles. The van der Waals surface area contributed by atoms with E-state index < -0.39 is 10.9 Å². The fourth-order valence-electron chi connectivity index (χ4n) is 2.76. The molecule has 0 unspecified atom stereocenters. The Bertz CT molecular complexity index is 944. The number of morpholine rings is 1. The number of nitro groups is 1. The van der Waals surface area contributed by atoms with Crippen molar-refractivity contribution in [2.24, 2.45) is 0 Å². The molecule has 29 heavy (non-hydrogen) atoms. The minimum absolute atomic E-state index is 0.110. The molecular formula is C19H17BrN2O6S. The van der Waals surface area contributed by atoms with Crippen molar-refractivity contribution in [2.45, 2.75) is 0 Å². The molecular weight excluding hydrogens is 464 g/mol. The Hall–Kier alpha value is -2.56. The quantitative estimate of drug-likeness (QED) is 0.211. The first-order chi connectivity index (χ1) is 13.9. The number of nitro benzene ring substituents is 1. The van der Waals surface area contributed by atoms with E-state index in [9.17, 15) is 14.9 Å². The average Bonchev–Trinajstić information content (AvgIpc) is 2.75. The van der Waals surface area contributed by atoms with Crippen LogP contribution in [0.3, 0.4) is 0 Å². The summed E-state index contributed by atoms with van der Waals surface area (Å²) in [6.07, 6.45) is 0. The number of carbonyl (C=O) groups excluding carboxylic acids is 1. The van der Waals surface area contributed by atoms with E-state index in [1.165, 1.54) is 31.4 Å². The fourth-order valence-corrected chi connectivity index (χ4v) is 3.59. The molecule has 1 aliphatic rings. The maximum absolute atomic E-state index is 12.5. The minimum atomic E-state index is -0.664. The van der Waals surface area contributed by atoms with Gasteiger partial charge in [-0.05, 0) is 40.2 Å². The molecule has 3 rings (SSSR count). The fraction of sp³-hybridized carbons (Fsp3) is 0.263. The smallest absolute Gasteiger partial charge is 0.343 e. The van der Waals surface area contributed by atoms with Gasteiger partial charge in [-0.3, -0.25) is 10.1 Å². The van der Waals surface area contributed by atoms with E-state index in [0.717, 1.165) is 5.56 Å². The number of thiocarbonyl (C=S) groups is 1. The molecule has 0 radical (unpaired) electrons. The Balaban J connectivity index is 1.82. The van der Waals surface area contributed by atoms with Crippen LogP contribution in [0.2, 0.25) is 0 Å². The number of methoxy groups -OCH3 is 1. The molecule has 8 nitrogen and oxygen atoms in total. The average molecular weight is 481 g/mol. The van der Waals surface area contributed by atoms with Crippen LogP contribution < -0.4 is 9.47 Å². The van der Waals surface area contributed by atoms with Crippen LogP contribution in [0.15, 0.2) is 40.9 Å². The van der Waals surface area contributed by atoms with E-state index in [-0.39, 0.29) is 17.0 Å². The van der Waals surface area contributed by atoms with Gasteiger partial charge in [0, 0.05) is 30.8 Å². The Morgan fingerprint density at radius 2 is 1.86 bits per heavy atom. The first-order valence-electron chi connectivity index (χ1n) is 8.62. The SMILES string of the molecule is COc1cc(C(=S)N2CCOCC2)cc(Br)c1OC(=O)c1ccc([N+](=O)[O-])cc1. The largest absolute Gasteiger partial charge is 0.493 e. The summed E-state index contributed by atoms with van der Waals surface area (Å²) in [6.45, 7) is 2.64. The zero-order chi connectivity index (χ0) is 21.0. The second-order valence-corrected chi connectivity index (χ2v) is 7.33. The van der Waals surface area contributed by atoms with E-state index >= 15 is 0 Å². The normalized spacial score (nSPS) is 13.7. The third kappa shape index (κ3) is 4.89. The van der Waals surface area contributed by atoms with Crippen molar-refractivity contribution in [3.05, 3.63) is 62.1 Å². The second kappa shape index (κ2) is 9.29. The molecule has 0 bridgehead atoms. The number of hydrogen-bond donors (Lipinski definition) is 0. The van der Waals surface area contributed by atoms with E-state index in [4.69, 9.17) is 26.4 Å². The predicted octanol–water partition coefficient (Wildman–Crippen LogP) is 3.59. The molecule has 0 aliphatic carbocycles. The number of hydrogen-bond acceptors (Lipinski definition) is 7. The molecule has 10 heteroatoms. The van der Waals surface area contributed by atoms with Crippen LogP contribution in [0.1, 0.15) is 15.9 Å². The maximum atomic E-state index is 12.5. The standard InChI is InChI=1S/C19H17BrN2O6S/c1-26-16-11-13(18(29)21-6-8-27-9-7-21)10-15(20)17(16)28-19(23)12-2-4-14(5-3-12)22(24)25/h2-5,10-11H,6-9H2,1H3. The summed E-state index contributed by atoms with van der Waals surface area (Å²) in [5, 5.41) is 10.7. The third-order valence-electron chi connectivity index (χ3n) is 4.28. The van der Waals surface area contributed by atoms with Crippen molar-refractivity contribution in [3.63, 3.8) is 0 Å². The van der Waals surface area contributed by atoms with Crippen LogP contribution in [-0.2, 0) is 4.74 Å². The van der Waals surface area contributed by atoms with Gasteiger partial charge in [-0.25, -0.2) is 4.79 Å². The van der Waals surface area contributed by atoms with Gasteiger partial charge in [0.25, 0.3) is 5.69 Å². The molecule has 0 spiro atoms. The second-order valence-electron chi connectivity index (χ2n) is 6.09. The van der Waals surface area contributed by atoms with Gasteiger partial charge < -0.3 is 19.1 Å². The number of rotatable bonds is 5.